The Balaban J connectivity index is 0. The lowest BCUT2D eigenvalue weighted by Crippen LogP contribution is -1.90. The molecule has 0 saturated heterocycles. The molecule has 14 heavy (non-hydrogen) atoms. The van der Waals surface area contributed by atoms with Crippen LogP contribution in [0, 0.1) is 0 Å². The van der Waals surface area contributed by atoms with Crippen LogP contribution >= 0.6 is 0 Å². The molecule has 0 rings (SSSR count). The van der Waals surface area contributed by atoms with Gasteiger partial charge in [-0.15, -0.1) is 0 Å². The molecule has 0 radical (unpaired) electrons. The monoisotopic (exact) mass is 232 g/mol. The number of alkyl halides is 2. The zero-order valence-corrected chi connectivity index (χ0v) is 5.98. The summed E-state index contributed by atoms with van der Waals surface area (Å²) in [6, 6.07) is 0. The zero-order valence-electron chi connectivity index (χ0n) is 5.98. The van der Waals surface area contributed by atoms with E-state index in [-0.39, 0.29) is 0 Å². The number of hydrogen-bond donors (Lipinski definition) is 0. The molecule has 0 amide bonds. The molecule has 0 aliphatic heterocycles. The number of allylic oxidation sites excluding steroid dienone is 1. The third kappa shape index (κ3) is 8.94. The molecule has 0 aromatic carbocycles. The minimum absolute atomic E-state index is 2.65. The zero-order chi connectivity index (χ0) is 11.9. The molecule has 0 fully saturated rings. The molecular weight excluding hydrogens is 231 g/mol. The molecule has 0 heterocycles. The molecule has 0 spiro atoms. The second-order valence-corrected chi connectivity index (χ2v) is 1.43. The van der Waals surface area contributed by atoms with Crippen LogP contribution in [0.4, 0.5) is 39.5 Å². The van der Waals surface area contributed by atoms with Crippen LogP contribution in [0.2, 0.25) is 0 Å². The van der Waals surface area contributed by atoms with Gasteiger partial charge in [-0.05, 0) is 0 Å². The Morgan fingerprint density at radius 3 is 0.857 bits per heavy atom. The van der Waals surface area contributed by atoms with Crippen molar-refractivity contribution >= 4 is 0 Å². The highest BCUT2D eigenvalue weighted by Crippen LogP contribution is 2.16. The van der Waals surface area contributed by atoms with Gasteiger partial charge in [0, 0.05) is 0 Å². The van der Waals surface area contributed by atoms with E-state index < -0.39 is 30.5 Å². The van der Waals surface area contributed by atoms with Crippen LogP contribution in [0.15, 0.2) is 24.1 Å². The Labute approximate surface area is 71.3 Å². The standard InChI is InChI=1S/C3HF5.C2F4/c4-1(2(5)6)3(7)8;3-1(4)2(5)6/h2H;. The predicted octanol–water partition coefficient (Wildman–Crippen LogP) is 4.32. The molecule has 0 aliphatic rings. The van der Waals surface area contributed by atoms with Gasteiger partial charge in [0.15, 0.2) is 0 Å². The first-order valence-corrected chi connectivity index (χ1v) is 2.55. The van der Waals surface area contributed by atoms with Crippen molar-refractivity contribution in [2.75, 3.05) is 0 Å². The Morgan fingerprint density at radius 1 is 0.571 bits per heavy atom. The lowest BCUT2D eigenvalue weighted by molar-refractivity contribution is 0.145. The lowest BCUT2D eigenvalue weighted by Gasteiger charge is -1.88. The topological polar surface area (TPSA) is 0 Å². The fourth-order valence-electron chi connectivity index (χ4n) is 0.0825. The van der Waals surface area contributed by atoms with Gasteiger partial charge in [-0.1, -0.05) is 0 Å². The van der Waals surface area contributed by atoms with Gasteiger partial charge < -0.3 is 0 Å². The first kappa shape index (κ1) is 15.3. The molecule has 0 nitrogen and oxygen atoms in total. The van der Waals surface area contributed by atoms with Gasteiger partial charge in [-0.25, -0.2) is 8.78 Å². The summed E-state index contributed by atoms with van der Waals surface area (Å²) in [5, 5.41) is 0. The largest absolute Gasteiger partial charge is 0.334 e. The summed E-state index contributed by atoms with van der Waals surface area (Å²) in [6.45, 7) is 0. The van der Waals surface area contributed by atoms with Crippen LogP contribution in [-0.2, 0) is 0 Å². The predicted molar refractivity (Wildman–Crippen MR) is 27.8 cm³/mol. The summed E-state index contributed by atoms with van der Waals surface area (Å²) >= 11 is 0. The Morgan fingerprint density at radius 2 is 0.857 bits per heavy atom. The first-order valence-electron chi connectivity index (χ1n) is 2.55. The highest BCUT2D eigenvalue weighted by atomic mass is 19.3. The maximum Gasteiger partial charge on any atom is 0.334 e. The average Bonchev–Trinajstić information content (AvgIpc) is 2.03. The van der Waals surface area contributed by atoms with Crippen molar-refractivity contribution in [3.05, 3.63) is 24.1 Å². The summed E-state index contributed by atoms with van der Waals surface area (Å²) in [7, 11) is 0. The molecule has 0 atom stereocenters. The second-order valence-electron chi connectivity index (χ2n) is 1.43. The van der Waals surface area contributed by atoms with E-state index in [0.29, 0.717) is 0 Å². The van der Waals surface area contributed by atoms with E-state index in [0.717, 1.165) is 0 Å². The van der Waals surface area contributed by atoms with Crippen LogP contribution in [0.5, 0.6) is 0 Å². The molecule has 84 valence electrons. The molecule has 0 aromatic rings. The summed E-state index contributed by atoms with van der Waals surface area (Å²) in [4.78, 5) is 0. The molecular formula is C5HF9. The quantitative estimate of drug-likeness (QED) is 0.590. The minimum atomic E-state index is -3.69. The van der Waals surface area contributed by atoms with E-state index in [1.165, 1.54) is 0 Å². The number of rotatable bonds is 1. The van der Waals surface area contributed by atoms with Gasteiger partial charge in [0.05, 0.1) is 0 Å². The van der Waals surface area contributed by atoms with Crippen molar-refractivity contribution < 1.29 is 39.5 Å². The van der Waals surface area contributed by atoms with Gasteiger partial charge in [0.25, 0.3) is 6.43 Å². The Hall–Kier alpha value is -1.15. The number of halogens is 9. The summed E-state index contributed by atoms with van der Waals surface area (Å²) in [5.74, 6) is -2.65. The van der Waals surface area contributed by atoms with E-state index in [9.17, 15) is 39.5 Å². The molecule has 0 saturated carbocycles. The molecule has 0 N–H and O–H groups in total. The van der Waals surface area contributed by atoms with E-state index in [2.05, 4.69) is 0 Å². The van der Waals surface area contributed by atoms with Crippen molar-refractivity contribution in [1.29, 1.82) is 0 Å². The second kappa shape index (κ2) is 7.27. The van der Waals surface area contributed by atoms with Gasteiger partial charge in [-0.3, -0.25) is 0 Å². The summed E-state index contributed by atoms with van der Waals surface area (Å²) in [5.41, 5.74) is 0. The molecule has 0 bridgehead atoms. The van der Waals surface area contributed by atoms with Crippen LogP contribution in [-0.4, -0.2) is 6.43 Å². The fraction of sp³-hybridized carbons (Fsp3) is 0.200. The van der Waals surface area contributed by atoms with Gasteiger partial charge in [0.1, 0.15) is 0 Å². The summed E-state index contributed by atoms with van der Waals surface area (Å²) in [6.07, 6.45) is -12.5. The lowest BCUT2D eigenvalue weighted by atomic mass is 10.6. The highest BCUT2D eigenvalue weighted by molar-refractivity contribution is 4.93. The van der Waals surface area contributed by atoms with Crippen molar-refractivity contribution in [1.82, 2.24) is 0 Å². The van der Waals surface area contributed by atoms with Gasteiger partial charge in [0.2, 0.25) is 5.83 Å². The molecule has 0 unspecified atom stereocenters. The fourth-order valence-corrected chi connectivity index (χ4v) is 0.0825. The van der Waals surface area contributed by atoms with Crippen molar-refractivity contribution in [3.8, 4) is 0 Å². The van der Waals surface area contributed by atoms with Gasteiger partial charge in [-0.2, -0.15) is 30.7 Å². The van der Waals surface area contributed by atoms with E-state index in [1.54, 1.807) is 0 Å². The van der Waals surface area contributed by atoms with E-state index in [1.807, 2.05) is 0 Å². The Bertz CT molecular complexity index is 205. The molecule has 0 aromatic heterocycles. The van der Waals surface area contributed by atoms with Crippen LogP contribution in [0.25, 0.3) is 0 Å². The third-order valence-electron chi connectivity index (χ3n) is 0.515. The maximum absolute atomic E-state index is 11.0. The Kier molecular flexibility index (Phi) is 7.96. The van der Waals surface area contributed by atoms with Crippen LogP contribution < -0.4 is 0 Å². The van der Waals surface area contributed by atoms with Crippen LogP contribution in [0.1, 0.15) is 0 Å². The van der Waals surface area contributed by atoms with E-state index >= 15 is 0 Å². The first-order chi connectivity index (χ1) is 6.20. The normalized spacial score (nSPS) is 9.00. The summed E-state index contributed by atoms with van der Waals surface area (Å²) < 4.78 is 95.1. The SMILES string of the molecule is FC(F)=C(F)C(F)F.FC(F)=C(F)F. The smallest absolute Gasteiger partial charge is 0.202 e. The molecule has 9 heteroatoms. The third-order valence-corrected chi connectivity index (χ3v) is 0.515. The minimum Gasteiger partial charge on any atom is -0.202 e. The van der Waals surface area contributed by atoms with E-state index in [4.69, 9.17) is 0 Å². The highest BCUT2D eigenvalue weighted by Gasteiger charge is 2.16. The van der Waals surface area contributed by atoms with Gasteiger partial charge >= 0.3 is 18.2 Å². The van der Waals surface area contributed by atoms with Crippen molar-refractivity contribution in [3.63, 3.8) is 0 Å². The molecule has 0 aliphatic carbocycles. The van der Waals surface area contributed by atoms with Crippen molar-refractivity contribution in [2.45, 2.75) is 6.43 Å². The number of hydrogen-bond acceptors (Lipinski definition) is 0. The van der Waals surface area contributed by atoms with Crippen molar-refractivity contribution in [2.24, 2.45) is 0 Å². The van der Waals surface area contributed by atoms with Crippen LogP contribution in [0.3, 0.4) is 0 Å². The average molecular weight is 232 g/mol. The maximum atomic E-state index is 11.0.